The van der Waals surface area contributed by atoms with E-state index in [4.69, 9.17) is 0 Å². The van der Waals surface area contributed by atoms with Gasteiger partial charge in [0.25, 0.3) is 11.4 Å². The van der Waals surface area contributed by atoms with E-state index in [1.807, 2.05) is 43.3 Å². The Kier molecular flexibility index (Phi) is 5.07. The van der Waals surface area contributed by atoms with E-state index < -0.39 is 15.9 Å². The summed E-state index contributed by atoms with van der Waals surface area (Å²) in [4.78, 5) is 25.4. The molecular weight excluding hydrogens is 348 g/mol. The molecule has 0 aliphatic carbocycles. The fraction of sp³-hybridized carbons (Fsp3) is 0.105. The SMILES string of the molecule is Cc1cccc(C(Nc2ccc([N+](=O)[O-])cc2[N+](=O)[O-])c2ccccn2)c1. The number of nitro groups is 2. The fourth-order valence-corrected chi connectivity index (χ4v) is 2.79. The number of nitrogens with zero attached hydrogens (tertiary/aromatic N) is 3. The monoisotopic (exact) mass is 364 g/mol. The molecule has 0 amide bonds. The van der Waals surface area contributed by atoms with Crippen LogP contribution in [0, 0.1) is 27.2 Å². The molecule has 0 radical (unpaired) electrons. The lowest BCUT2D eigenvalue weighted by Crippen LogP contribution is -2.15. The van der Waals surface area contributed by atoms with Crippen LogP contribution in [0.2, 0.25) is 0 Å². The number of aromatic nitrogens is 1. The van der Waals surface area contributed by atoms with Gasteiger partial charge in [-0.3, -0.25) is 25.2 Å². The second kappa shape index (κ2) is 7.61. The van der Waals surface area contributed by atoms with E-state index in [0.29, 0.717) is 5.69 Å². The average Bonchev–Trinajstić information content (AvgIpc) is 2.66. The van der Waals surface area contributed by atoms with Crippen LogP contribution < -0.4 is 5.32 Å². The van der Waals surface area contributed by atoms with E-state index in [-0.39, 0.29) is 17.1 Å². The molecule has 8 heteroatoms. The Morgan fingerprint density at radius 1 is 0.963 bits per heavy atom. The normalized spacial score (nSPS) is 11.6. The van der Waals surface area contributed by atoms with Gasteiger partial charge < -0.3 is 5.32 Å². The van der Waals surface area contributed by atoms with Crippen molar-refractivity contribution in [2.75, 3.05) is 5.32 Å². The third kappa shape index (κ3) is 4.06. The first-order chi connectivity index (χ1) is 13.0. The van der Waals surface area contributed by atoms with E-state index in [0.717, 1.165) is 17.2 Å². The number of hydrogen-bond donors (Lipinski definition) is 1. The topological polar surface area (TPSA) is 111 Å². The van der Waals surface area contributed by atoms with Gasteiger partial charge in [0, 0.05) is 12.3 Å². The van der Waals surface area contributed by atoms with Gasteiger partial charge in [0.05, 0.1) is 27.6 Å². The molecule has 0 fully saturated rings. The predicted octanol–water partition coefficient (Wildman–Crippen LogP) is 4.41. The van der Waals surface area contributed by atoms with Gasteiger partial charge in [-0.2, -0.15) is 0 Å². The summed E-state index contributed by atoms with van der Waals surface area (Å²) in [5, 5.41) is 25.5. The molecule has 0 bridgehead atoms. The summed E-state index contributed by atoms with van der Waals surface area (Å²) in [6.45, 7) is 1.95. The molecule has 0 aliphatic rings. The number of non-ortho nitro benzene ring substituents is 1. The van der Waals surface area contributed by atoms with E-state index >= 15 is 0 Å². The fourth-order valence-electron chi connectivity index (χ4n) is 2.79. The largest absolute Gasteiger partial charge is 0.367 e. The van der Waals surface area contributed by atoms with Gasteiger partial charge in [0.15, 0.2) is 0 Å². The van der Waals surface area contributed by atoms with Crippen molar-refractivity contribution in [3.63, 3.8) is 0 Å². The summed E-state index contributed by atoms with van der Waals surface area (Å²) in [6, 6.07) is 16.2. The molecule has 8 nitrogen and oxygen atoms in total. The molecule has 0 saturated carbocycles. The van der Waals surface area contributed by atoms with Crippen LogP contribution in [0.4, 0.5) is 17.1 Å². The molecule has 3 aromatic rings. The van der Waals surface area contributed by atoms with E-state index in [9.17, 15) is 20.2 Å². The maximum Gasteiger partial charge on any atom is 0.299 e. The van der Waals surface area contributed by atoms with Crippen molar-refractivity contribution in [1.82, 2.24) is 4.98 Å². The van der Waals surface area contributed by atoms with Gasteiger partial charge in [-0.25, -0.2) is 0 Å². The van der Waals surface area contributed by atoms with Gasteiger partial charge >= 0.3 is 0 Å². The molecule has 1 atom stereocenters. The first-order valence-electron chi connectivity index (χ1n) is 8.12. The molecule has 0 spiro atoms. The number of pyridine rings is 1. The Hall–Kier alpha value is -3.81. The van der Waals surface area contributed by atoms with Gasteiger partial charge in [0.2, 0.25) is 0 Å². The average molecular weight is 364 g/mol. The Morgan fingerprint density at radius 2 is 1.78 bits per heavy atom. The van der Waals surface area contributed by atoms with Crippen LogP contribution in [0.1, 0.15) is 22.9 Å². The van der Waals surface area contributed by atoms with Crippen molar-refractivity contribution >= 4 is 17.1 Å². The standard InChI is InChI=1S/C19H16N4O4/c1-13-5-4-6-14(11-13)19(17-7-2-3-10-20-17)21-16-9-8-15(22(24)25)12-18(16)23(26)27/h2-12,19,21H,1H3. The second-order valence-electron chi connectivity index (χ2n) is 5.96. The minimum atomic E-state index is -0.659. The summed E-state index contributed by atoms with van der Waals surface area (Å²) in [5.41, 5.74) is 2.07. The first kappa shape index (κ1) is 18.0. The third-order valence-electron chi connectivity index (χ3n) is 4.05. The summed E-state index contributed by atoms with van der Waals surface area (Å²) >= 11 is 0. The Morgan fingerprint density at radius 3 is 2.41 bits per heavy atom. The van der Waals surface area contributed by atoms with Gasteiger partial charge in [-0.15, -0.1) is 0 Å². The van der Waals surface area contributed by atoms with Gasteiger partial charge in [-0.1, -0.05) is 35.9 Å². The Balaban J connectivity index is 2.07. The number of aryl methyl sites for hydroxylation is 1. The van der Waals surface area contributed by atoms with Crippen molar-refractivity contribution in [1.29, 1.82) is 0 Å². The van der Waals surface area contributed by atoms with Crippen molar-refractivity contribution in [3.05, 3.63) is 104 Å². The molecule has 27 heavy (non-hydrogen) atoms. The first-order valence-corrected chi connectivity index (χ1v) is 8.12. The highest BCUT2D eigenvalue weighted by Crippen LogP contribution is 2.33. The van der Waals surface area contributed by atoms with Crippen molar-refractivity contribution in [3.8, 4) is 0 Å². The van der Waals surface area contributed by atoms with Crippen LogP contribution in [0.3, 0.4) is 0 Å². The highest BCUT2D eigenvalue weighted by Gasteiger charge is 2.23. The second-order valence-corrected chi connectivity index (χ2v) is 5.96. The zero-order valence-electron chi connectivity index (χ0n) is 14.4. The number of nitrogens with one attached hydrogen (secondary N) is 1. The molecule has 3 rings (SSSR count). The zero-order valence-corrected chi connectivity index (χ0v) is 14.4. The Labute approximate surface area is 154 Å². The van der Waals surface area contributed by atoms with Crippen LogP contribution >= 0.6 is 0 Å². The van der Waals surface area contributed by atoms with Crippen molar-refractivity contribution in [2.24, 2.45) is 0 Å². The van der Waals surface area contributed by atoms with Crippen LogP contribution in [0.25, 0.3) is 0 Å². The summed E-state index contributed by atoms with van der Waals surface area (Å²) in [5.74, 6) is 0. The van der Waals surface area contributed by atoms with Crippen molar-refractivity contribution in [2.45, 2.75) is 13.0 Å². The molecular formula is C19H16N4O4. The minimum Gasteiger partial charge on any atom is -0.367 e. The molecule has 0 saturated heterocycles. The molecule has 1 heterocycles. The van der Waals surface area contributed by atoms with Gasteiger partial charge in [-0.05, 0) is 30.7 Å². The zero-order chi connectivity index (χ0) is 19.4. The molecule has 1 aromatic heterocycles. The lowest BCUT2D eigenvalue weighted by Gasteiger charge is -2.20. The maximum atomic E-state index is 11.4. The predicted molar refractivity (Wildman–Crippen MR) is 101 cm³/mol. The summed E-state index contributed by atoms with van der Waals surface area (Å²) in [6.07, 6.45) is 1.64. The number of hydrogen-bond acceptors (Lipinski definition) is 6. The highest BCUT2D eigenvalue weighted by atomic mass is 16.6. The lowest BCUT2D eigenvalue weighted by molar-refractivity contribution is -0.393. The minimum absolute atomic E-state index is 0.183. The number of anilines is 1. The number of rotatable bonds is 6. The quantitative estimate of drug-likeness (QED) is 0.512. The molecule has 0 aliphatic heterocycles. The molecule has 136 valence electrons. The molecule has 1 N–H and O–H groups in total. The van der Waals surface area contributed by atoms with Crippen LogP contribution in [0.15, 0.2) is 66.9 Å². The summed E-state index contributed by atoms with van der Waals surface area (Å²) < 4.78 is 0. The van der Waals surface area contributed by atoms with E-state index in [1.165, 1.54) is 12.1 Å². The smallest absolute Gasteiger partial charge is 0.299 e. The van der Waals surface area contributed by atoms with Gasteiger partial charge in [0.1, 0.15) is 5.69 Å². The van der Waals surface area contributed by atoms with E-state index in [1.54, 1.807) is 12.3 Å². The molecule has 2 aromatic carbocycles. The maximum absolute atomic E-state index is 11.4. The van der Waals surface area contributed by atoms with Crippen molar-refractivity contribution < 1.29 is 9.85 Å². The number of nitro benzene ring substituents is 2. The lowest BCUT2D eigenvalue weighted by atomic mass is 10.0. The van der Waals surface area contributed by atoms with E-state index in [2.05, 4.69) is 10.3 Å². The van der Waals surface area contributed by atoms with Crippen LogP contribution in [0.5, 0.6) is 0 Å². The Bertz CT molecular complexity index is 992. The molecule has 1 unspecified atom stereocenters. The third-order valence-corrected chi connectivity index (χ3v) is 4.05. The van der Waals surface area contributed by atoms with Crippen LogP contribution in [-0.4, -0.2) is 14.8 Å². The summed E-state index contributed by atoms with van der Waals surface area (Å²) in [7, 11) is 0. The van der Waals surface area contributed by atoms with Crippen LogP contribution in [-0.2, 0) is 0 Å². The number of benzene rings is 2. The highest BCUT2D eigenvalue weighted by molar-refractivity contribution is 5.66.